The van der Waals surface area contributed by atoms with Gasteiger partial charge in [0.05, 0.1) is 24.5 Å². The Morgan fingerprint density at radius 1 is 1.30 bits per heavy atom. The molecule has 3 aromatic rings. The van der Waals surface area contributed by atoms with Gasteiger partial charge in [-0.05, 0) is 49.8 Å². The van der Waals surface area contributed by atoms with Gasteiger partial charge in [-0.3, -0.25) is 4.79 Å². The third-order valence-corrected chi connectivity index (χ3v) is 4.74. The van der Waals surface area contributed by atoms with Gasteiger partial charge in [0.15, 0.2) is 0 Å². The number of furan rings is 1. The minimum atomic E-state index is -0.236. The zero-order valence-corrected chi connectivity index (χ0v) is 16.5. The van der Waals surface area contributed by atoms with Gasteiger partial charge in [0.25, 0.3) is 0 Å². The highest BCUT2D eigenvalue weighted by molar-refractivity contribution is 6.31. The first-order valence-corrected chi connectivity index (χ1v) is 9.19. The molecule has 0 saturated carbocycles. The summed E-state index contributed by atoms with van der Waals surface area (Å²) in [5.74, 6) is 0.460. The van der Waals surface area contributed by atoms with Crippen LogP contribution in [0.15, 0.2) is 53.2 Å². The fraction of sp³-hybridized carbons (Fsp3) is 0.200. The number of carbonyl (C=O) groups is 1. The van der Waals surface area contributed by atoms with Gasteiger partial charge in [0, 0.05) is 16.7 Å². The largest absolute Gasteiger partial charge is 0.467 e. The van der Waals surface area contributed by atoms with Gasteiger partial charge >= 0.3 is 0 Å². The Balaban J connectivity index is 1.69. The molecule has 0 aliphatic carbocycles. The third-order valence-electron chi connectivity index (χ3n) is 4.09. The van der Waals surface area contributed by atoms with E-state index in [4.69, 9.17) is 27.6 Å². The first-order valence-electron chi connectivity index (χ1n) is 8.43. The molecule has 5 nitrogen and oxygen atoms in total. The van der Waals surface area contributed by atoms with Crippen molar-refractivity contribution >= 4 is 35.2 Å². The zero-order valence-electron chi connectivity index (χ0n) is 14.9. The molecule has 0 saturated heterocycles. The van der Waals surface area contributed by atoms with E-state index in [0.717, 1.165) is 11.3 Å². The van der Waals surface area contributed by atoms with E-state index in [1.165, 1.54) is 6.08 Å². The molecule has 0 radical (unpaired) electrons. The fourth-order valence-corrected chi connectivity index (χ4v) is 3.08. The normalized spacial score (nSPS) is 12.4. The van der Waals surface area contributed by atoms with Gasteiger partial charge in [0.1, 0.15) is 10.9 Å². The van der Waals surface area contributed by atoms with Gasteiger partial charge in [-0.1, -0.05) is 35.3 Å². The highest BCUT2D eigenvalue weighted by atomic mass is 35.5. The number of hydrogen-bond acceptors (Lipinski definition) is 3. The van der Waals surface area contributed by atoms with Crippen LogP contribution in [0.5, 0.6) is 0 Å². The van der Waals surface area contributed by atoms with Crippen LogP contribution in [0.1, 0.15) is 35.5 Å². The molecule has 3 rings (SSSR count). The van der Waals surface area contributed by atoms with Crippen LogP contribution in [0.4, 0.5) is 0 Å². The molecule has 1 amide bonds. The number of halogens is 2. The first-order chi connectivity index (χ1) is 12.9. The van der Waals surface area contributed by atoms with E-state index in [-0.39, 0.29) is 11.9 Å². The second-order valence-electron chi connectivity index (χ2n) is 6.15. The maximum absolute atomic E-state index is 12.2. The van der Waals surface area contributed by atoms with Crippen molar-refractivity contribution in [3.05, 3.63) is 81.5 Å². The Bertz CT molecular complexity index is 945. The van der Waals surface area contributed by atoms with E-state index in [2.05, 4.69) is 10.4 Å². The molecule has 2 heterocycles. The predicted octanol–water partition coefficient (Wildman–Crippen LogP) is 5.03. The Labute approximate surface area is 167 Å². The van der Waals surface area contributed by atoms with Crippen molar-refractivity contribution in [2.24, 2.45) is 0 Å². The summed E-state index contributed by atoms with van der Waals surface area (Å²) < 4.78 is 6.98. The quantitative estimate of drug-likeness (QED) is 0.587. The molecule has 1 atom stereocenters. The Kier molecular flexibility index (Phi) is 6.04. The van der Waals surface area contributed by atoms with Crippen LogP contribution in [-0.4, -0.2) is 15.7 Å². The maximum atomic E-state index is 12.2. The average molecular weight is 404 g/mol. The van der Waals surface area contributed by atoms with E-state index < -0.39 is 0 Å². The number of amides is 1. The number of rotatable bonds is 6. The van der Waals surface area contributed by atoms with Crippen LogP contribution in [-0.2, 0) is 11.3 Å². The van der Waals surface area contributed by atoms with Crippen LogP contribution in [0, 0.1) is 6.92 Å². The summed E-state index contributed by atoms with van der Waals surface area (Å²) in [5, 5.41) is 8.46. The van der Waals surface area contributed by atoms with Crippen LogP contribution in [0.2, 0.25) is 10.2 Å². The second kappa shape index (κ2) is 8.46. The number of nitrogens with one attached hydrogen (secondary N) is 1. The zero-order chi connectivity index (χ0) is 19.4. The number of carbonyl (C=O) groups excluding carboxylic acids is 1. The molecule has 0 aliphatic rings. The molecule has 0 fully saturated rings. The van der Waals surface area contributed by atoms with Crippen molar-refractivity contribution in [2.45, 2.75) is 26.4 Å². The topological polar surface area (TPSA) is 60.1 Å². The second-order valence-corrected chi connectivity index (χ2v) is 6.95. The lowest BCUT2D eigenvalue weighted by Crippen LogP contribution is -2.24. The Morgan fingerprint density at radius 2 is 2.04 bits per heavy atom. The molecule has 2 aromatic heterocycles. The summed E-state index contributed by atoms with van der Waals surface area (Å²) in [6.45, 7) is 4.23. The lowest BCUT2D eigenvalue weighted by Gasteiger charge is -2.08. The Morgan fingerprint density at radius 3 is 2.70 bits per heavy atom. The van der Waals surface area contributed by atoms with E-state index in [1.807, 2.05) is 44.2 Å². The number of nitrogens with zero attached hydrogens (tertiary/aromatic N) is 2. The fourth-order valence-electron chi connectivity index (χ4n) is 2.65. The van der Waals surface area contributed by atoms with Crippen LogP contribution in [0.3, 0.4) is 0 Å². The summed E-state index contributed by atoms with van der Waals surface area (Å²) in [5.41, 5.74) is 2.49. The summed E-state index contributed by atoms with van der Waals surface area (Å²) in [4.78, 5) is 12.2. The van der Waals surface area contributed by atoms with Gasteiger partial charge < -0.3 is 9.73 Å². The standard InChI is InChI=1S/C20H19Cl2N3O2/c1-13-17(9-10-19(26)23-14(2)18-4-3-11-27-18)20(22)25(24-13)12-15-5-7-16(21)8-6-15/h3-11,14H,12H2,1-2H3,(H,23,26)/b10-9+/t14-/m1/s1. The molecule has 0 spiro atoms. The van der Waals surface area contributed by atoms with Crippen molar-refractivity contribution in [3.8, 4) is 0 Å². The first kappa shape index (κ1) is 19.3. The molecule has 140 valence electrons. The highest BCUT2D eigenvalue weighted by Crippen LogP contribution is 2.23. The van der Waals surface area contributed by atoms with Gasteiger partial charge in [-0.25, -0.2) is 4.68 Å². The van der Waals surface area contributed by atoms with E-state index in [1.54, 1.807) is 23.1 Å². The molecular formula is C20H19Cl2N3O2. The minimum absolute atomic E-state index is 0.221. The van der Waals surface area contributed by atoms with Crippen LogP contribution >= 0.6 is 23.2 Å². The van der Waals surface area contributed by atoms with Gasteiger partial charge in [-0.2, -0.15) is 5.10 Å². The Hall–Kier alpha value is -2.50. The lowest BCUT2D eigenvalue weighted by atomic mass is 10.2. The lowest BCUT2D eigenvalue weighted by molar-refractivity contribution is -0.117. The van der Waals surface area contributed by atoms with E-state index in [9.17, 15) is 4.79 Å². The van der Waals surface area contributed by atoms with Crippen molar-refractivity contribution in [1.82, 2.24) is 15.1 Å². The van der Waals surface area contributed by atoms with Gasteiger partial charge in [0.2, 0.25) is 5.91 Å². The molecule has 27 heavy (non-hydrogen) atoms. The molecule has 7 heteroatoms. The SMILES string of the molecule is Cc1nn(Cc2ccc(Cl)cc2)c(Cl)c1/C=C/C(=O)N[C@H](C)c1ccco1. The summed E-state index contributed by atoms with van der Waals surface area (Å²) in [7, 11) is 0. The van der Waals surface area contributed by atoms with Crippen molar-refractivity contribution in [3.63, 3.8) is 0 Å². The molecule has 1 aromatic carbocycles. The number of benzene rings is 1. The highest BCUT2D eigenvalue weighted by Gasteiger charge is 2.13. The van der Waals surface area contributed by atoms with Crippen LogP contribution in [0.25, 0.3) is 6.08 Å². The molecular weight excluding hydrogens is 385 g/mol. The number of aryl methyl sites for hydroxylation is 1. The minimum Gasteiger partial charge on any atom is -0.467 e. The number of aromatic nitrogens is 2. The molecule has 0 bridgehead atoms. The van der Waals surface area contributed by atoms with Crippen molar-refractivity contribution in [2.75, 3.05) is 0 Å². The third kappa shape index (κ3) is 4.81. The summed E-state index contributed by atoms with van der Waals surface area (Å²) >= 11 is 12.4. The van der Waals surface area contributed by atoms with Crippen molar-refractivity contribution in [1.29, 1.82) is 0 Å². The predicted molar refractivity (Wildman–Crippen MR) is 107 cm³/mol. The number of hydrogen-bond donors (Lipinski definition) is 1. The van der Waals surface area contributed by atoms with Crippen LogP contribution < -0.4 is 5.32 Å². The average Bonchev–Trinajstić information content (AvgIpc) is 3.25. The summed E-state index contributed by atoms with van der Waals surface area (Å²) in [6, 6.07) is 10.9. The molecule has 1 N–H and O–H groups in total. The smallest absolute Gasteiger partial charge is 0.244 e. The van der Waals surface area contributed by atoms with Crippen molar-refractivity contribution < 1.29 is 9.21 Å². The monoisotopic (exact) mass is 403 g/mol. The molecule has 0 aliphatic heterocycles. The molecule has 0 unspecified atom stereocenters. The van der Waals surface area contributed by atoms with E-state index in [0.29, 0.717) is 28.0 Å². The van der Waals surface area contributed by atoms with E-state index >= 15 is 0 Å². The van der Waals surface area contributed by atoms with Gasteiger partial charge in [-0.15, -0.1) is 0 Å². The maximum Gasteiger partial charge on any atom is 0.244 e. The summed E-state index contributed by atoms with van der Waals surface area (Å²) in [6.07, 6.45) is 4.70.